The van der Waals surface area contributed by atoms with Crippen LogP contribution in [0, 0.1) is 6.92 Å². The number of rotatable bonds is 4. The molecule has 2 aliphatic rings. The summed E-state index contributed by atoms with van der Waals surface area (Å²) in [6.07, 6.45) is 5.69. The SMILES string of the molecule is CC(=O)c1c(C)c2cnc(Nc3ccc4c(n3)CNC4)nc2n(C2CCCC2)c1=O. The number of pyridine rings is 2. The number of aromatic nitrogens is 4. The Morgan fingerprint density at radius 1 is 1.20 bits per heavy atom. The summed E-state index contributed by atoms with van der Waals surface area (Å²) in [5, 5.41) is 7.20. The normalized spacial score (nSPS) is 16.2. The van der Waals surface area contributed by atoms with Crippen molar-refractivity contribution in [2.24, 2.45) is 0 Å². The molecule has 4 heterocycles. The van der Waals surface area contributed by atoms with Crippen molar-refractivity contribution in [1.82, 2.24) is 24.8 Å². The van der Waals surface area contributed by atoms with Gasteiger partial charge in [0.1, 0.15) is 11.5 Å². The van der Waals surface area contributed by atoms with Gasteiger partial charge in [0, 0.05) is 30.7 Å². The molecular weight excluding hydrogens is 380 g/mol. The van der Waals surface area contributed by atoms with Gasteiger partial charge < -0.3 is 10.6 Å². The Kier molecular flexibility index (Phi) is 4.58. The Balaban J connectivity index is 1.64. The van der Waals surface area contributed by atoms with Crippen molar-refractivity contribution in [3.8, 4) is 0 Å². The molecule has 2 N–H and O–H groups in total. The van der Waals surface area contributed by atoms with Crippen LogP contribution in [0.15, 0.2) is 23.1 Å². The Bertz CT molecular complexity index is 1230. The number of fused-ring (bicyclic) bond motifs is 2. The van der Waals surface area contributed by atoms with Crippen LogP contribution in [0.4, 0.5) is 11.8 Å². The van der Waals surface area contributed by atoms with E-state index in [9.17, 15) is 9.59 Å². The van der Waals surface area contributed by atoms with Crippen LogP contribution in [-0.2, 0) is 13.1 Å². The number of anilines is 2. The summed E-state index contributed by atoms with van der Waals surface area (Å²) < 4.78 is 1.72. The third-order valence-corrected chi connectivity index (χ3v) is 6.17. The summed E-state index contributed by atoms with van der Waals surface area (Å²) in [7, 11) is 0. The van der Waals surface area contributed by atoms with Crippen molar-refractivity contribution in [3.63, 3.8) is 0 Å². The van der Waals surface area contributed by atoms with Gasteiger partial charge in [-0.05, 0) is 43.9 Å². The van der Waals surface area contributed by atoms with Gasteiger partial charge in [-0.2, -0.15) is 4.98 Å². The topological polar surface area (TPSA) is 102 Å². The van der Waals surface area contributed by atoms with Gasteiger partial charge in [0.25, 0.3) is 5.56 Å². The van der Waals surface area contributed by atoms with Gasteiger partial charge >= 0.3 is 0 Å². The second-order valence-corrected chi connectivity index (χ2v) is 8.13. The second kappa shape index (κ2) is 7.28. The van der Waals surface area contributed by atoms with Crippen molar-refractivity contribution in [2.45, 2.75) is 58.7 Å². The van der Waals surface area contributed by atoms with E-state index >= 15 is 0 Å². The monoisotopic (exact) mass is 404 g/mol. The molecule has 8 nitrogen and oxygen atoms in total. The molecule has 1 aliphatic heterocycles. The standard InChI is InChI=1S/C22H24N6O2/c1-12-16-10-24-22(26-18-8-7-14-9-23-11-17(14)25-18)27-20(16)28(15-5-3-4-6-15)21(30)19(12)13(2)29/h7-8,10,15,23H,3-6,9,11H2,1-2H3,(H,24,25,26,27). The summed E-state index contributed by atoms with van der Waals surface area (Å²) in [4.78, 5) is 39.3. The lowest BCUT2D eigenvalue weighted by atomic mass is 10.0. The minimum Gasteiger partial charge on any atom is -0.309 e. The maximum absolute atomic E-state index is 13.3. The minimum atomic E-state index is -0.245. The molecule has 0 radical (unpaired) electrons. The van der Waals surface area contributed by atoms with Crippen LogP contribution < -0.4 is 16.2 Å². The molecule has 5 rings (SSSR count). The van der Waals surface area contributed by atoms with Gasteiger partial charge in [-0.25, -0.2) is 9.97 Å². The van der Waals surface area contributed by atoms with Crippen LogP contribution in [0.1, 0.15) is 65.8 Å². The Hall–Kier alpha value is -3.13. The fourth-order valence-corrected chi connectivity index (χ4v) is 4.65. The van der Waals surface area contributed by atoms with E-state index in [0.717, 1.165) is 49.9 Å². The average molecular weight is 404 g/mol. The van der Waals surface area contributed by atoms with E-state index in [1.165, 1.54) is 12.5 Å². The molecule has 0 amide bonds. The number of Topliss-reactive ketones (excluding diaryl/α,β-unsaturated/α-hetero) is 1. The van der Waals surface area contributed by atoms with Crippen LogP contribution in [0.3, 0.4) is 0 Å². The van der Waals surface area contributed by atoms with Crippen LogP contribution in [0.5, 0.6) is 0 Å². The predicted octanol–water partition coefficient (Wildman–Crippen LogP) is 3.16. The lowest BCUT2D eigenvalue weighted by molar-refractivity contribution is 0.101. The third kappa shape index (κ3) is 3.08. The van der Waals surface area contributed by atoms with E-state index in [2.05, 4.69) is 20.6 Å². The highest BCUT2D eigenvalue weighted by molar-refractivity contribution is 5.99. The van der Waals surface area contributed by atoms with Crippen molar-refractivity contribution >= 4 is 28.6 Å². The van der Waals surface area contributed by atoms with Crippen molar-refractivity contribution in [3.05, 3.63) is 51.1 Å². The first kappa shape index (κ1) is 18.9. The fourth-order valence-electron chi connectivity index (χ4n) is 4.65. The van der Waals surface area contributed by atoms with E-state index < -0.39 is 0 Å². The number of ketones is 1. The highest BCUT2D eigenvalue weighted by atomic mass is 16.1. The zero-order valence-electron chi connectivity index (χ0n) is 17.2. The maximum atomic E-state index is 13.3. The summed E-state index contributed by atoms with van der Waals surface area (Å²) in [6, 6.07) is 4.02. The number of carbonyl (C=O) groups excluding carboxylic acids is 1. The van der Waals surface area contributed by atoms with E-state index in [4.69, 9.17) is 4.98 Å². The highest BCUT2D eigenvalue weighted by Crippen LogP contribution is 2.32. The molecule has 3 aromatic heterocycles. The number of carbonyl (C=O) groups is 1. The van der Waals surface area contributed by atoms with Crippen molar-refractivity contribution < 1.29 is 4.79 Å². The number of hydrogen-bond acceptors (Lipinski definition) is 7. The smallest absolute Gasteiger partial charge is 0.263 e. The quantitative estimate of drug-likeness (QED) is 0.644. The average Bonchev–Trinajstić information content (AvgIpc) is 3.39. The summed E-state index contributed by atoms with van der Waals surface area (Å²) >= 11 is 0. The Labute approximate surface area is 173 Å². The molecule has 1 saturated carbocycles. The van der Waals surface area contributed by atoms with E-state index in [0.29, 0.717) is 23.0 Å². The Morgan fingerprint density at radius 2 is 2.00 bits per heavy atom. The largest absolute Gasteiger partial charge is 0.309 e. The first-order valence-corrected chi connectivity index (χ1v) is 10.4. The molecule has 30 heavy (non-hydrogen) atoms. The Morgan fingerprint density at radius 3 is 2.77 bits per heavy atom. The molecule has 0 aromatic carbocycles. The summed E-state index contributed by atoms with van der Waals surface area (Å²) in [6.45, 7) is 4.82. The van der Waals surface area contributed by atoms with Crippen molar-refractivity contribution in [2.75, 3.05) is 5.32 Å². The van der Waals surface area contributed by atoms with Gasteiger partial charge in [0.15, 0.2) is 5.78 Å². The molecule has 0 spiro atoms. The molecular formula is C22H24N6O2. The molecule has 0 saturated heterocycles. The third-order valence-electron chi connectivity index (χ3n) is 6.17. The zero-order valence-corrected chi connectivity index (χ0v) is 17.2. The number of nitrogens with zero attached hydrogens (tertiary/aromatic N) is 4. The lowest BCUT2D eigenvalue weighted by Crippen LogP contribution is -2.30. The molecule has 0 unspecified atom stereocenters. The first-order chi connectivity index (χ1) is 14.5. The van der Waals surface area contributed by atoms with Crippen molar-refractivity contribution in [1.29, 1.82) is 0 Å². The van der Waals surface area contributed by atoms with Gasteiger partial charge in [-0.3, -0.25) is 14.2 Å². The summed E-state index contributed by atoms with van der Waals surface area (Å²) in [5.74, 6) is 0.843. The van der Waals surface area contributed by atoms with Gasteiger partial charge in [-0.15, -0.1) is 0 Å². The first-order valence-electron chi connectivity index (χ1n) is 10.4. The van der Waals surface area contributed by atoms with Crippen LogP contribution in [0.25, 0.3) is 11.0 Å². The molecule has 1 fully saturated rings. The molecule has 0 bridgehead atoms. The molecule has 3 aromatic rings. The fraction of sp³-hybridized carbons (Fsp3) is 0.409. The zero-order chi connectivity index (χ0) is 20.8. The number of nitrogens with one attached hydrogen (secondary N) is 2. The van der Waals surface area contributed by atoms with Gasteiger partial charge in [-0.1, -0.05) is 18.9 Å². The predicted molar refractivity (Wildman–Crippen MR) is 114 cm³/mol. The van der Waals surface area contributed by atoms with E-state index in [1.54, 1.807) is 17.7 Å². The lowest BCUT2D eigenvalue weighted by Gasteiger charge is -2.19. The number of hydrogen-bond donors (Lipinski definition) is 2. The van der Waals surface area contributed by atoms with Crippen LogP contribution in [-0.4, -0.2) is 25.3 Å². The molecule has 1 aliphatic carbocycles. The molecule has 0 atom stereocenters. The van der Waals surface area contributed by atoms with Crippen LogP contribution in [0.2, 0.25) is 0 Å². The maximum Gasteiger partial charge on any atom is 0.263 e. The van der Waals surface area contributed by atoms with Gasteiger partial charge in [0.05, 0.1) is 11.3 Å². The highest BCUT2D eigenvalue weighted by Gasteiger charge is 2.26. The summed E-state index contributed by atoms with van der Waals surface area (Å²) in [5.41, 5.74) is 3.44. The second-order valence-electron chi connectivity index (χ2n) is 8.13. The van der Waals surface area contributed by atoms with E-state index in [-0.39, 0.29) is 22.9 Å². The van der Waals surface area contributed by atoms with Crippen LogP contribution >= 0.6 is 0 Å². The van der Waals surface area contributed by atoms with Gasteiger partial charge in [0.2, 0.25) is 5.95 Å². The van der Waals surface area contributed by atoms with E-state index in [1.807, 2.05) is 12.1 Å². The molecule has 154 valence electrons. The minimum absolute atomic E-state index is 0.0608. The number of aryl methyl sites for hydroxylation is 1. The molecule has 8 heteroatoms.